The second-order valence-electron chi connectivity index (χ2n) is 6.95. The van der Waals surface area contributed by atoms with Crippen molar-refractivity contribution in [3.05, 3.63) is 11.7 Å². The molecule has 2 atom stereocenters. The predicted molar refractivity (Wildman–Crippen MR) is 85.2 cm³/mol. The van der Waals surface area contributed by atoms with Gasteiger partial charge in [-0.25, -0.2) is 0 Å². The van der Waals surface area contributed by atoms with E-state index in [0.29, 0.717) is 44.2 Å². The van der Waals surface area contributed by atoms with Crippen molar-refractivity contribution in [1.29, 1.82) is 0 Å². The Morgan fingerprint density at radius 2 is 2.08 bits per heavy atom. The van der Waals surface area contributed by atoms with Gasteiger partial charge in [0.2, 0.25) is 11.8 Å². The fourth-order valence-electron chi connectivity index (χ4n) is 3.56. The van der Waals surface area contributed by atoms with Gasteiger partial charge in [-0.1, -0.05) is 12.1 Å². The van der Waals surface area contributed by atoms with Gasteiger partial charge in [0.25, 0.3) is 0 Å². The minimum Gasteiger partial charge on any atom is -0.481 e. The minimum absolute atomic E-state index is 0.0395. The number of aryl methyl sites for hydroxylation is 2. The molecule has 1 N–H and O–H groups in total. The highest BCUT2D eigenvalue weighted by molar-refractivity contribution is 5.79. The topological polar surface area (TPSA) is 96.5 Å². The highest BCUT2D eigenvalue weighted by Crippen LogP contribution is 2.44. The van der Waals surface area contributed by atoms with Gasteiger partial charge in [0.15, 0.2) is 5.82 Å². The standard InChI is InChI=1S/C17H25N3O4/c1-2-4-14-18-15(24-19-14)5-3-6-16(21)20-9-12(11-7-8-11)13(10-20)17(22)23/h11-13H,2-10H2,1H3,(H,22,23)/t12-,13+/m1/s1. The second-order valence-corrected chi connectivity index (χ2v) is 6.95. The summed E-state index contributed by atoms with van der Waals surface area (Å²) in [5, 5.41) is 13.3. The Morgan fingerprint density at radius 1 is 1.29 bits per heavy atom. The molecule has 1 aromatic heterocycles. The van der Waals surface area contributed by atoms with Gasteiger partial charge in [0, 0.05) is 32.4 Å². The van der Waals surface area contributed by atoms with Gasteiger partial charge in [-0.05, 0) is 37.5 Å². The number of hydrogen-bond donors (Lipinski definition) is 1. The van der Waals surface area contributed by atoms with Crippen LogP contribution in [-0.4, -0.2) is 45.1 Å². The highest BCUT2D eigenvalue weighted by atomic mass is 16.5. The molecule has 2 fully saturated rings. The van der Waals surface area contributed by atoms with Crippen LogP contribution in [0.3, 0.4) is 0 Å². The van der Waals surface area contributed by atoms with Crippen LogP contribution in [0.5, 0.6) is 0 Å². The van der Waals surface area contributed by atoms with Gasteiger partial charge < -0.3 is 14.5 Å². The Kier molecular flexibility index (Phi) is 5.16. The third kappa shape index (κ3) is 3.94. The Hall–Kier alpha value is -1.92. The maximum Gasteiger partial charge on any atom is 0.308 e. The first-order valence-electron chi connectivity index (χ1n) is 8.90. The van der Waals surface area contributed by atoms with Crippen LogP contribution in [0.1, 0.15) is 50.7 Å². The Morgan fingerprint density at radius 3 is 2.75 bits per heavy atom. The third-order valence-corrected chi connectivity index (χ3v) is 5.03. The van der Waals surface area contributed by atoms with Crippen LogP contribution in [0, 0.1) is 17.8 Å². The lowest BCUT2D eigenvalue weighted by Crippen LogP contribution is -2.29. The zero-order valence-corrected chi connectivity index (χ0v) is 14.1. The second kappa shape index (κ2) is 7.32. The number of hydrogen-bond acceptors (Lipinski definition) is 5. The lowest BCUT2D eigenvalue weighted by atomic mass is 9.92. The molecular weight excluding hydrogens is 310 g/mol. The van der Waals surface area contributed by atoms with Crippen LogP contribution < -0.4 is 0 Å². The fraction of sp³-hybridized carbons (Fsp3) is 0.765. The van der Waals surface area contributed by atoms with E-state index < -0.39 is 11.9 Å². The molecule has 2 heterocycles. The maximum absolute atomic E-state index is 12.4. The van der Waals surface area contributed by atoms with Crippen molar-refractivity contribution in [2.45, 2.75) is 51.9 Å². The summed E-state index contributed by atoms with van der Waals surface area (Å²) < 4.78 is 5.17. The van der Waals surface area contributed by atoms with E-state index in [9.17, 15) is 14.7 Å². The first-order valence-corrected chi connectivity index (χ1v) is 8.90. The molecule has 1 saturated carbocycles. The lowest BCUT2D eigenvalue weighted by molar-refractivity contribution is -0.142. The largest absolute Gasteiger partial charge is 0.481 e. The molecule has 1 amide bonds. The summed E-state index contributed by atoms with van der Waals surface area (Å²) in [6.45, 7) is 3.02. The van der Waals surface area contributed by atoms with Crippen molar-refractivity contribution in [2.75, 3.05) is 13.1 Å². The van der Waals surface area contributed by atoms with Crippen LogP contribution in [0.4, 0.5) is 0 Å². The zero-order valence-electron chi connectivity index (χ0n) is 14.1. The van der Waals surface area contributed by atoms with Gasteiger partial charge in [0.1, 0.15) is 0 Å². The van der Waals surface area contributed by atoms with Crippen LogP contribution in [-0.2, 0) is 22.4 Å². The quantitative estimate of drug-likeness (QED) is 0.779. The number of aromatic nitrogens is 2. The lowest BCUT2D eigenvalue weighted by Gasteiger charge is -2.15. The van der Waals surface area contributed by atoms with E-state index in [-0.39, 0.29) is 11.8 Å². The number of rotatable bonds is 8. The molecule has 0 unspecified atom stereocenters. The number of aliphatic carboxylic acids is 1. The van der Waals surface area contributed by atoms with Crippen molar-refractivity contribution in [2.24, 2.45) is 17.8 Å². The van der Waals surface area contributed by atoms with Crippen LogP contribution in [0.2, 0.25) is 0 Å². The van der Waals surface area contributed by atoms with E-state index in [1.54, 1.807) is 4.90 Å². The molecule has 132 valence electrons. The molecule has 0 bridgehead atoms. The Balaban J connectivity index is 1.45. The van der Waals surface area contributed by atoms with Crippen molar-refractivity contribution in [3.63, 3.8) is 0 Å². The molecule has 7 heteroatoms. The van der Waals surface area contributed by atoms with E-state index in [1.165, 1.54) is 0 Å². The predicted octanol–water partition coefficient (Wildman–Crippen LogP) is 1.91. The average Bonchev–Trinajstić information content (AvgIpc) is 3.13. The average molecular weight is 335 g/mol. The molecule has 24 heavy (non-hydrogen) atoms. The SMILES string of the molecule is CCCc1noc(CCCC(=O)N2C[C@H](C(=O)O)[C@@H](C3CC3)C2)n1. The first-order chi connectivity index (χ1) is 11.6. The molecule has 1 saturated heterocycles. The Labute approximate surface area is 141 Å². The van der Waals surface area contributed by atoms with Crippen LogP contribution >= 0.6 is 0 Å². The summed E-state index contributed by atoms with van der Waals surface area (Å²) in [5.74, 6) is 0.809. The number of nitrogens with zero attached hydrogens (tertiary/aromatic N) is 3. The molecule has 0 radical (unpaired) electrons. The summed E-state index contributed by atoms with van der Waals surface area (Å²) in [4.78, 5) is 29.8. The summed E-state index contributed by atoms with van der Waals surface area (Å²) in [5.41, 5.74) is 0. The van der Waals surface area contributed by atoms with E-state index >= 15 is 0 Å². The molecule has 7 nitrogen and oxygen atoms in total. The van der Waals surface area contributed by atoms with E-state index in [0.717, 1.165) is 31.5 Å². The molecule has 1 aliphatic carbocycles. The molecule has 1 aromatic rings. The summed E-state index contributed by atoms with van der Waals surface area (Å²) in [6.07, 6.45) is 5.62. The molecule has 2 aliphatic rings. The number of carboxylic acids is 1. The summed E-state index contributed by atoms with van der Waals surface area (Å²) in [6, 6.07) is 0. The normalized spacial score (nSPS) is 23.6. The maximum atomic E-state index is 12.4. The zero-order chi connectivity index (χ0) is 17.1. The van der Waals surface area contributed by atoms with Crippen LogP contribution in [0.15, 0.2) is 4.52 Å². The van der Waals surface area contributed by atoms with Gasteiger partial charge in [0.05, 0.1) is 5.92 Å². The highest BCUT2D eigenvalue weighted by Gasteiger charge is 2.46. The van der Waals surface area contributed by atoms with Gasteiger partial charge >= 0.3 is 5.97 Å². The van der Waals surface area contributed by atoms with E-state index in [2.05, 4.69) is 17.1 Å². The molecule has 1 aliphatic heterocycles. The first kappa shape index (κ1) is 16.9. The fourth-order valence-corrected chi connectivity index (χ4v) is 3.56. The van der Waals surface area contributed by atoms with E-state index in [4.69, 9.17) is 4.52 Å². The van der Waals surface area contributed by atoms with Crippen molar-refractivity contribution >= 4 is 11.9 Å². The third-order valence-electron chi connectivity index (χ3n) is 5.03. The molecule has 3 rings (SSSR count). The molecular formula is C17H25N3O4. The number of carbonyl (C=O) groups excluding carboxylic acids is 1. The van der Waals surface area contributed by atoms with Crippen molar-refractivity contribution in [3.8, 4) is 0 Å². The van der Waals surface area contributed by atoms with Crippen LogP contribution in [0.25, 0.3) is 0 Å². The van der Waals surface area contributed by atoms with E-state index in [1.807, 2.05) is 0 Å². The Bertz CT molecular complexity index is 596. The van der Waals surface area contributed by atoms with Gasteiger partial charge in [-0.15, -0.1) is 0 Å². The summed E-state index contributed by atoms with van der Waals surface area (Å²) in [7, 11) is 0. The smallest absolute Gasteiger partial charge is 0.308 e. The number of carbonyl (C=O) groups is 2. The number of carboxylic acid groups (broad SMARTS) is 1. The number of likely N-dealkylation sites (tertiary alicyclic amines) is 1. The van der Waals surface area contributed by atoms with Crippen molar-refractivity contribution in [1.82, 2.24) is 15.0 Å². The number of amides is 1. The minimum atomic E-state index is -0.767. The van der Waals surface area contributed by atoms with Crippen molar-refractivity contribution < 1.29 is 19.2 Å². The summed E-state index contributed by atoms with van der Waals surface area (Å²) >= 11 is 0. The van der Waals surface area contributed by atoms with Gasteiger partial charge in [-0.3, -0.25) is 9.59 Å². The monoisotopic (exact) mass is 335 g/mol. The molecule has 0 aromatic carbocycles. The van der Waals surface area contributed by atoms with Gasteiger partial charge in [-0.2, -0.15) is 4.98 Å². The molecule has 0 spiro atoms.